The number of nitrogens with two attached hydrogens (primary N) is 1. The Morgan fingerprint density at radius 3 is 2.07 bits per heavy atom. The van der Waals surface area contributed by atoms with Crippen molar-refractivity contribution in [2.75, 3.05) is 6.54 Å². The first-order valence-electron chi connectivity index (χ1n) is 16.7. The third-order valence-electron chi connectivity index (χ3n) is 11.4. The van der Waals surface area contributed by atoms with Crippen molar-refractivity contribution >= 4 is 35.3 Å². The zero-order valence-corrected chi connectivity index (χ0v) is 26.9. The van der Waals surface area contributed by atoms with Gasteiger partial charge in [-0.15, -0.1) is 0 Å². The minimum atomic E-state index is -1.08. The van der Waals surface area contributed by atoms with Crippen molar-refractivity contribution < 1.29 is 28.8 Å². The van der Waals surface area contributed by atoms with Crippen molar-refractivity contribution in [2.45, 2.75) is 123 Å². The average molecular weight is 614 g/mol. The third kappa shape index (κ3) is 6.52. The quantitative estimate of drug-likeness (QED) is 0.233. The number of hydrogen-bond acceptors (Lipinski definition) is 6. The molecular weight excluding hydrogens is 562 g/mol. The Balaban J connectivity index is 1.38. The summed E-state index contributed by atoms with van der Waals surface area (Å²) in [6.45, 7) is 10.4. The standard InChI is InChI=1S/C33H51N5O6/c1-17(2)23(25(39)19-11-12-19)36-31(44)37-27(33(5)13-7-6-8-14-33)30(43)38-16-20-22(32(20,3)4)24(38)29(42)35-21(15-18-9-10-18)26(40)28(34)41/h17-24,27H,6-16H2,1-5H3,(H2,34,41)(H,35,42)(H2,36,37,44)/t20-,21?,22-,23-,24-,27+/m0/s1. The van der Waals surface area contributed by atoms with Crippen LogP contribution in [0.4, 0.5) is 4.79 Å². The molecule has 6 atom stereocenters. The van der Waals surface area contributed by atoms with Crippen LogP contribution < -0.4 is 21.7 Å². The zero-order chi connectivity index (χ0) is 32.1. The van der Waals surface area contributed by atoms with Gasteiger partial charge >= 0.3 is 6.03 Å². The number of nitrogens with one attached hydrogen (secondary N) is 3. The largest absolute Gasteiger partial charge is 0.363 e. The molecule has 4 saturated carbocycles. The fourth-order valence-electron chi connectivity index (χ4n) is 8.01. The van der Waals surface area contributed by atoms with Gasteiger partial charge in [0, 0.05) is 12.5 Å². The highest BCUT2D eigenvalue weighted by Gasteiger charge is 2.70. The van der Waals surface area contributed by atoms with E-state index in [2.05, 4.69) is 29.8 Å². The Morgan fingerprint density at radius 2 is 1.52 bits per heavy atom. The second-order valence-electron chi connectivity index (χ2n) is 15.5. The van der Waals surface area contributed by atoms with Crippen molar-refractivity contribution in [1.29, 1.82) is 0 Å². The van der Waals surface area contributed by atoms with Crippen LogP contribution in [0, 0.1) is 40.4 Å². The molecule has 0 aromatic carbocycles. The maximum Gasteiger partial charge on any atom is 0.316 e. The van der Waals surface area contributed by atoms with E-state index in [1.165, 1.54) is 0 Å². The first-order chi connectivity index (χ1) is 20.7. The predicted octanol–water partition coefficient (Wildman–Crippen LogP) is 2.45. The van der Waals surface area contributed by atoms with Gasteiger partial charge in [0.25, 0.3) is 5.91 Å². The second-order valence-corrected chi connectivity index (χ2v) is 15.5. The van der Waals surface area contributed by atoms with E-state index >= 15 is 0 Å². The van der Waals surface area contributed by atoms with Crippen molar-refractivity contribution in [3.63, 3.8) is 0 Å². The van der Waals surface area contributed by atoms with Crippen molar-refractivity contribution in [1.82, 2.24) is 20.9 Å². The number of urea groups is 1. The summed E-state index contributed by atoms with van der Waals surface area (Å²) in [5.41, 5.74) is 4.63. The monoisotopic (exact) mass is 613 g/mol. The molecule has 5 fully saturated rings. The molecule has 44 heavy (non-hydrogen) atoms. The van der Waals surface area contributed by atoms with Gasteiger partial charge in [0.15, 0.2) is 5.78 Å². The molecule has 1 aliphatic heterocycles. The van der Waals surface area contributed by atoms with Gasteiger partial charge in [0.2, 0.25) is 17.6 Å². The number of amides is 5. The molecule has 11 nitrogen and oxygen atoms in total. The van der Waals surface area contributed by atoms with Gasteiger partial charge in [-0.1, -0.05) is 66.7 Å². The molecule has 4 aliphatic carbocycles. The van der Waals surface area contributed by atoms with Gasteiger partial charge in [0.05, 0.1) is 12.1 Å². The van der Waals surface area contributed by atoms with E-state index in [9.17, 15) is 28.8 Å². The summed E-state index contributed by atoms with van der Waals surface area (Å²) in [7, 11) is 0. The number of likely N-dealkylation sites (tertiary alicyclic amines) is 1. The lowest BCUT2D eigenvalue weighted by atomic mass is 9.70. The minimum absolute atomic E-state index is 0.0138. The Morgan fingerprint density at radius 1 is 0.886 bits per heavy atom. The summed E-state index contributed by atoms with van der Waals surface area (Å²) >= 11 is 0. The van der Waals surface area contributed by atoms with E-state index in [0.717, 1.165) is 57.8 Å². The van der Waals surface area contributed by atoms with E-state index in [1.54, 1.807) is 4.90 Å². The summed E-state index contributed by atoms with van der Waals surface area (Å²) in [5.74, 6) is -2.49. The number of ketones is 2. The molecule has 1 saturated heterocycles. The van der Waals surface area contributed by atoms with Gasteiger partial charge < -0.3 is 26.6 Å². The summed E-state index contributed by atoms with van der Waals surface area (Å²) in [6.07, 6.45) is 8.31. The smallest absolute Gasteiger partial charge is 0.316 e. The maximum absolute atomic E-state index is 14.6. The molecule has 11 heteroatoms. The predicted molar refractivity (Wildman–Crippen MR) is 163 cm³/mol. The molecule has 5 amide bonds. The molecule has 0 bridgehead atoms. The van der Waals surface area contributed by atoms with Crippen LogP contribution in [0.25, 0.3) is 0 Å². The number of Topliss-reactive ketones (excluding diaryl/α,β-unsaturated/α-hetero) is 2. The highest BCUT2D eigenvalue weighted by molar-refractivity contribution is 6.37. The van der Waals surface area contributed by atoms with Crippen molar-refractivity contribution in [3.8, 4) is 0 Å². The first-order valence-corrected chi connectivity index (χ1v) is 16.7. The molecule has 5 aliphatic rings. The molecule has 0 radical (unpaired) electrons. The highest BCUT2D eigenvalue weighted by atomic mass is 16.2. The van der Waals surface area contributed by atoms with E-state index in [4.69, 9.17) is 5.73 Å². The number of carbonyl (C=O) groups excluding carboxylic acids is 6. The first kappa shape index (κ1) is 32.4. The van der Waals surface area contributed by atoms with E-state index < -0.39 is 53.2 Å². The Kier molecular flexibility index (Phi) is 8.90. The van der Waals surface area contributed by atoms with Gasteiger partial charge in [-0.3, -0.25) is 24.0 Å². The fourth-order valence-corrected chi connectivity index (χ4v) is 8.01. The maximum atomic E-state index is 14.6. The zero-order valence-electron chi connectivity index (χ0n) is 26.9. The van der Waals surface area contributed by atoms with Crippen LogP contribution in [0.15, 0.2) is 0 Å². The normalized spacial score (nSPS) is 28.7. The number of fused-ring (bicyclic) bond motifs is 1. The van der Waals surface area contributed by atoms with Crippen LogP contribution in [0.3, 0.4) is 0 Å². The van der Waals surface area contributed by atoms with Crippen LogP contribution >= 0.6 is 0 Å². The number of hydrogen-bond donors (Lipinski definition) is 4. The van der Waals surface area contributed by atoms with Gasteiger partial charge in [-0.25, -0.2) is 4.79 Å². The molecule has 5 N–H and O–H groups in total. The van der Waals surface area contributed by atoms with E-state index in [0.29, 0.717) is 13.0 Å². The number of piperidine rings is 1. The molecule has 244 valence electrons. The number of primary amides is 1. The molecule has 1 unspecified atom stereocenters. The van der Waals surface area contributed by atoms with Crippen LogP contribution in [-0.2, 0) is 24.0 Å². The molecule has 0 spiro atoms. The van der Waals surface area contributed by atoms with E-state index in [1.807, 2.05) is 20.8 Å². The molecule has 0 aromatic heterocycles. The fraction of sp³-hybridized carbons (Fsp3) is 0.818. The van der Waals surface area contributed by atoms with Gasteiger partial charge in [0.1, 0.15) is 12.1 Å². The Hall–Kier alpha value is -2.98. The number of rotatable bonds is 13. The van der Waals surface area contributed by atoms with Crippen molar-refractivity contribution in [2.24, 2.45) is 46.2 Å². The number of carbonyl (C=O) groups is 6. The lowest BCUT2D eigenvalue weighted by Crippen LogP contribution is -2.63. The molecule has 5 rings (SSSR count). The van der Waals surface area contributed by atoms with Crippen LogP contribution in [0.1, 0.15) is 98.8 Å². The topological polar surface area (TPSA) is 168 Å². The van der Waals surface area contributed by atoms with Crippen LogP contribution in [0.2, 0.25) is 0 Å². The average Bonchev–Trinajstić information content (AvgIpc) is 3.91. The minimum Gasteiger partial charge on any atom is -0.363 e. The van der Waals surface area contributed by atoms with Crippen LogP contribution in [0.5, 0.6) is 0 Å². The van der Waals surface area contributed by atoms with Crippen LogP contribution in [-0.4, -0.2) is 70.9 Å². The summed E-state index contributed by atoms with van der Waals surface area (Å²) in [6, 6.07) is -3.92. The Labute approximate surface area is 260 Å². The second kappa shape index (κ2) is 12.1. The highest BCUT2D eigenvalue weighted by Crippen LogP contribution is 2.65. The van der Waals surface area contributed by atoms with Crippen molar-refractivity contribution in [3.05, 3.63) is 0 Å². The Bertz CT molecular complexity index is 1200. The number of nitrogens with zero attached hydrogens (tertiary/aromatic N) is 1. The lowest BCUT2D eigenvalue weighted by Gasteiger charge is -2.43. The van der Waals surface area contributed by atoms with Gasteiger partial charge in [-0.05, 0) is 66.6 Å². The van der Waals surface area contributed by atoms with Gasteiger partial charge in [-0.2, -0.15) is 0 Å². The summed E-state index contributed by atoms with van der Waals surface area (Å²) < 4.78 is 0. The summed E-state index contributed by atoms with van der Waals surface area (Å²) in [4.78, 5) is 81.0. The summed E-state index contributed by atoms with van der Waals surface area (Å²) in [5, 5.41) is 8.66. The van der Waals surface area contributed by atoms with E-state index in [-0.39, 0.29) is 46.7 Å². The lowest BCUT2D eigenvalue weighted by molar-refractivity contribution is -0.145. The molecule has 0 aromatic rings. The molecular formula is C33H51N5O6. The third-order valence-corrected chi connectivity index (χ3v) is 11.4. The SMILES string of the molecule is CC(C)[C@H](NC(=O)N[C@H](C(=O)N1C[C@H]2[C@@H]([C@H]1C(=O)NC(CC1CC1)C(=O)C(N)=O)C2(C)C)C1(C)CCCCC1)C(=O)C1CC1. The molecule has 1 heterocycles.